The molecule has 1 fully saturated rings. The van der Waals surface area contributed by atoms with Crippen LogP contribution in [0.15, 0.2) is 0 Å². The maximum Gasteiger partial charge on any atom is 0.261 e. The van der Waals surface area contributed by atoms with Crippen LogP contribution in [0.1, 0.15) is 40.5 Å². The third-order valence-corrected chi connectivity index (χ3v) is 3.41. The van der Waals surface area contributed by atoms with Gasteiger partial charge in [0, 0.05) is 12.5 Å². The van der Waals surface area contributed by atoms with Gasteiger partial charge in [-0.1, -0.05) is 0 Å². The lowest BCUT2D eigenvalue weighted by molar-refractivity contribution is -0.0906. The van der Waals surface area contributed by atoms with Gasteiger partial charge >= 0.3 is 0 Å². The zero-order valence-electron chi connectivity index (χ0n) is 11.6. The normalized spacial score (nSPS) is 27.7. The Hall–Kier alpha value is -0.260. The molecule has 108 valence electrons. The number of hydrogen-bond donors (Lipinski definition) is 1. The van der Waals surface area contributed by atoms with E-state index in [9.17, 15) is 13.9 Å². The Morgan fingerprint density at radius 2 is 1.94 bits per heavy atom. The van der Waals surface area contributed by atoms with E-state index < -0.39 is 24.7 Å². The van der Waals surface area contributed by atoms with E-state index in [1.165, 1.54) is 0 Å². The molecule has 1 aliphatic rings. The molecule has 0 radical (unpaired) electrons. The molecule has 0 aromatic heterocycles. The summed E-state index contributed by atoms with van der Waals surface area (Å²) in [6.07, 6.45) is -1.91. The topological polar surface area (TPSA) is 38.7 Å². The molecule has 0 aliphatic carbocycles. The van der Waals surface area contributed by atoms with Gasteiger partial charge in [-0.05, 0) is 40.5 Å². The first-order chi connectivity index (χ1) is 8.14. The lowest BCUT2D eigenvalue weighted by atomic mass is 9.82. The highest BCUT2D eigenvalue weighted by molar-refractivity contribution is 4.97. The summed E-state index contributed by atoms with van der Waals surface area (Å²) in [6.45, 7) is 7.48. The predicted molar refractivity (Wildman–Crippen MR) is 64.8 cm³/mol. The first-order valence-electron chi connectivity index (χ1n) is 6.38. The van der Waals surface area contributed by atoms with E-state index in [-0.39, 0.29) is 18.1 Å². The molecule has 1 rings (SSSR count). The van der Waals surface area contributed by atoms with Crippen LogP contribution in [0, 0.1) is 5.92 Å². The molecule has 0 saturated carbocycles. The number of alkyl halides is 2. The van der Waals surface area contributed by atoms with E-state index in [2.05, 4.69) is 0 Å². The molecular formula is C13H24F2O3. The summed E-state index contributed by atoms with van der Waals surface area (Å²) in [4.78, 5) is 0. The first-order valence-corrected chi connectivity index (χ1v) is 6.38. The van der Waals surface area contributed by atoms with Crippen molar-refractivity contribution in [2.75, 3.05) is 13.2 Å². The summed E-state index contributed by atoms with van der Waals surface area (Å²) < 4.78 is 34.4. The minimum absolute atomic E-state index is 0.00245. The summed E-state index contributed by atoms with van der Waals surface area (Å²) in [7, 11) is 0. The highest BCUT2D eigenvalue weighted by Gasteiger charge is 2.48. The summed E-state index contributed by atoms with van der Waals surface area (Å²) in [5.41, 5.74) is -0.648. The third-order valence-electron chi connectivity index (χ3n) is 3.41. The van der Waals surface area contributed by atoms with Crippen molar-refractivity contribution in [3.63, 3.8) is 0 Å². The number of aliphatic hydroxyl groups is 1. The molecule has 0 spiro atoms. The van der Waals surface area contributed by atoms with Gasteiger partial charge in [-0.15, -0.1) is 0 Å². The molecule has 1 aliphatic heterocycles. The van der Waals surface area contributed by atoms with Gasteiger partial charge in [0.1, 0.15) is 6.61 Å². The van der Waals surface area contributed by atoms with Crippen LogP contribution in [0.4, 0.5) is 8.78 Å². The van der Waals surface area contributed by atoms with Gasteiger partial charge in [-0.25, -0.2) is 8.78 Å². The van der Waals surface area contributed by atoms with Crippen LogP contribution in [0.3, 0.4) is 0 Å². The molecule has 5 heteroatoms. The van der Waals surface area contributed by atoms with E-state index in [0.717, 1.165) is 6.42 Å². The van der Waals surface area contributed by atoms with E-state index in [1.807, 2.05) is 27.7 Å². The van der Waals surface area contributed by atoms with Crippen LogP contribution in [0.2, 0.25) is 0 Å². The summed E-state index contributed by atoms with van der Waals surface area (Å²) in [6, 6.07) is 0. The second-order valence-corrected chi connectivity index (χ2v) is 6.10. The van der Waals surface area contributed by atoms with Crippen molar-refractivity contribution < 1.29 is 23.4 Å². The maximum atomic E-state index is 11.9. The summed E-state index contributed by atoms with van der Waals surface area (Å²) in [5, 5.41) is 10.1. The van der Waals surface area contributed by atoms with Gasteiger partial charge in [-0.2, -0.15) is 0 Å². The monoisotopic (exact) mass is 266 g/mol. The molecule has 0 aromatic carbocycles. The van der Waals surface area contributed by atoms with Crippen LogP contribution >= 0.6 is 0 Å². The van der Waals surface area contributed by atoms with Crippen LogP contribution in [-0.2, 0) is 9.47 Å². The van der Waals surface area contributed by atoms with Crippen molar-refractivity contribution in [2.45, 2.75) is 64.3 Å². The zero-order chi connectivity index (χ0) is 14.0. The van der Waals surface area contributed by atoms with E-state index in [4.69, 9.17) is 9.47 Å². The summed E-state index contributed by atoms with van der Waals surface area (Å²) in [5.74, 6) is 0.00245. The van der Waals surface area contributed by atoms with Crippen molar-refractivity contribution in [2.24, 2.45) is 5.92 Å². The summed E-state index contributed by atoms with van der Waals surface area (Å²) >= 11 is 0. The second-order valence-electron chi connectivity index (χ2n) is 6.10. The molecule has 2 atom stereocenters. The average molecular weight is 266 g/mol. The Morgan fingerprint density at radius 3 is 2.39 bits per heavy atom. The van der Waals surface area contributed by atoms with Gasteiger partial charge in [-0.3, -0.25) is 0 Å². The molecule has 3 nitrogen and oxygen atoms in total. The largest absolute Gasteiger partial charge is 0.393 e. The van der Waals surface area contributed by atoms with E-state index >= 15 is 0 Å². The van der Waals surface area contributed by atoms with Crippen molar-refractivity contribution in [3.05, 3.63) is 0 Å². The van der Waals surface area contributed by atoms with Crippen molar-refractivity contribution in [1.82, 2.24) is 0 Å². The first kappa shape index (κ1) is 15.8. The number of halogens is 2. The average Bonchev–Trinajstić information content (AvgIpc) is 2.41. The SMILES string of the molecule is CC1(C)CC(C(O)CCOCC(F)F)C(C)(C)O1. The lowest BCUT2D eigenvalue weighted by Crippen LogP contribution is -2.36. The fraction of sp³-hybridized carbons (Fsp3) is 1.00. The van der Waals surface area contributed by atoms with Crippen molar-refractivity contribution in [3.8, 4) is 0 Å². The minimum atomic E-state index is -2.45. The second kappa shape index (κ2) is 5.80. The highest BCUT2D eigenvalue weighted by Crippen LogP contribution is 2.44. The highest BCUT2D eigenvalue weighted by atomic mass is 19.3. The van der Waals surface area contributed by atoms with Gasteiger partial charge in [0.2, 0.25) is 0 Å². The zero-order valence-corrected chi connectivity index (χ0v) is 11.6. The number of rotatable bonds is 6. The fourth-order valence-corrected chi connectivity index (χ4v) is 2.78. The van der Waals surface area contributed by atoms with Gasteiger partial charge in [0.25, 0.3) is 6.43 Å². The van der Waals surface area contributed by atoms with Gasteiger partial charge in [0.15, 0.2) is 0 Å². The van der Waals surface area contributed by atoms with Crippen molar-refractivity contribution >= 4 is 0 Å². The van der Waals surface area contributed by atoms with Gasteiger partial charge in [0.05, 0.1) is 17.3 Å². The Kier molecular flexibility index (Phi) is 5.09. The molecular weight excluding hydrogens is 242 g/mol. The number of aliphatic hydroxyl groups excluding tert-OH is 1. The lowest BCUT2D eigenvalue weighted by Gasteiger charge is -2.30. The fourth-order valence-electron chi connectivity index (χ4n) is 2.78. The Labute approximate surface area is 107 Å². The Bertz CT molecular complexity index is 267. The number of hydrogen-bond acceptors (Lipinski definition) is 3. The maximum absolute atomic E-state index is 11.9. The molecule has 0 aromatic rings. The van der Waals surface area contributed by atoms with E-state index in [0.29, 0.717) is 6.42 Å². The number of ether oxygens (including phenoxy) is 2. The van der Waals surface area contributed by atoms with Gasteiger partial charge < -0.3 is 14.6 Å². The van der Waals surface area contributed by atoms with Crippen LogP contribution in [0.5, 0.6) is 0 Å². The smallest absolute Gasteiger partial charge is 0.261 e. The molecule has 0 amide bonds. The molecule has 0 bridgehead atoms. The quantitative estimate of drug-likeness (QED) is 0.751. The molecule has 18 heavy (non-hydrogen) atoms. The Balaban J connectivity index is 2.39. The van der Waals surface area contributed by atoms with E-state index in [1.54, 1.807) is 0 Å². The standard InChI is InChI=1S/C13H24F2O3/c1-12(2)7-9(13(3,4)18-12)10(16)5-6-17-8-11(14)15/h9-11,16H,5-8H2,1-4H3. The Morgan fingerprint density at radius 1 is 1.33 bits per heavy atom. The molecule has 1 saturated heterocycles. The van der Waals surface area contributed by atoms with Crippen molar-refractivity contribution in [1.29, 1.82) is 0 Å². The minimum Gasteiger partial charge on any atom is -0.393 e. The third kappa shape index (κ3) is 4.44. The molecule has 1 heterocycles. The molecule has 2 unspecified atom stereocenters. The van der Waals surface area contributed by atoms with Crippen LogP contribution in [0.25, 0.3) is 0 Å². The van der Waals surface area contributed by atoms with Crippen LogP contribution < -0.4 is 0 Å². The molecule has 1 N–H and O–H groups in total. The predicted octanol–water partition coefficient (Wildman–Crippen LogP) is 2.61. The van der Waals surface area contributed by atoms with Crippen LogP contribution in [-0.4, -0.2) is 42.1 Å².